The predicted octanol–water partition coefficient (Wildman–Crippen LogP) is 4.21. The van der Waals surface area contributed by atoms with Gasteiger partial charge in [-0.3, -0.25) is 4.79 Å². The first-order valence-electron chi connectivity index (χ1n) is 9.98. The summed E-state index contributed by atoms with van der Waals surface area (Å²) in [5.74, 6) is 0.156. The van der Waals surface area contributed by atoms with Gasteiger partial charge in [-0.1, -0.05) is 66.2 Å². The van der Waals surface area contributed by atoms with E-state index in [1.807, 2.05) is 48.5 Å². The minimum absolute atomic E-state index is 0.156. The molecule has 1 aliphatic carbocycles. The molecule has 0 radical (unpaired) electrons. The third-order valence-corrected chi connectivity index (χ3v) is 7.46. The van der Waals surface area contributed by atoms with Gasteiger partial charge < -0.3 is 0 Å². The van der Waals surface area contributed by atoms with Gasteiger partial charge in [0, 0.05) is 30.3 Å². The van der Waals surface area contributed by atoms with Crippen LogP contribution in [0.4, 0.5) is 0 Å². The molecule has 0 spiro atoms. The smallest absolute Gasteiger partial charge is 0.236 e. The molecule has 1 saturated heterocycles. The Bertz CT molecular complexity index is 1040. The van der Waals surface area contributed by atoms with Crippen molar-refractivity contribution in [1.82, 2.24) is 4.31 Å². The number of fused-ring (bicyclic) bond motifs is 1. The van der Waals surface area contributed by atoms with Crippen LogP contribution in [0.1, 0.15) is 30.4 Å². The Morgan fingerprint density at radius 3 is 2.38 bits per heavy atom. The van der Waals surface area contributed by atoms with E-state index in [1.165, 1.54) is 11.0 Å². The summed E-state index contributed by atoms with van der Waals surface area (Å²) >= 11 is 0. The van der Waals surface area contributed by atoms with E-state index in [4.69, 9.17) is 0 Å². The number of sulfonamides is 1. The molecule has 150 valence electrons. The van der Waals surface area contributed by atoms with Gasteiger partial charge in [0.1, 0.15) is 0 Å². The highest BCUT2D eigenvalue weighted by atomic mass is 32.2. The Kier molecular flexibility index (Phi) is 5.52. The lowest BCUT2D eigenvalue weighted by Gasteiger charge is -2.46. The van der Waals surface area contributed by atoms with Crippen LogP contribution in [-0.2, 0) is 21.2 Å². The van der Waals surface area contributed by atoms with E-state index in [0.717, 1.165) is 17.6 Å². The topological polar surface area (TPSA) is 54.5 Å². The number of rotatable bonds is 5. The second-order valence-corrected chi connectivity index (χ2v) is 9.74. The lowest BCUT2D eigenvalue weighted by Crippen LogP contribution is -2.49. The molecule has 5 heteroatoms. The summed E-state index contributed by atoms with van der Waals surface area (Å²) < 4.78 is 27.7. The predicted molar refractivity (Wildman–Crippen MR) is 115 cm³/mol. The van der Waals surface area contributed by atoms with Crippen molar-refractivity contribution >= 4 is 21.9 Å². The van der Waals surface area contributed by atoms with Crippen LogP contribution in [-0.4, -0.2) is 31.6 Å². The average Bonchev–Trinajstić information content (AvgIpc) is 2.74. The summed E-state index contributed by atoms with van der Waals surface area (Å²) in [4.78, 5) is 12.0. The van der Waals surface area contributed by atoms with Gasteiger partial charge in [-0.25, -0.2) is 8.42 Å². The SMILES string of the molecule is O=C1C=C2CCN(S(=O)(=O)/C=C/c3ccccc3)CC2(Cc2ccccc2)CC1. The van der Waals surface area contributed by atoms with Gasteiger partial charge in [-0.2, -0.15) is 4.31 Å². The van der Waals surface area contributed by atoms with Gasteiger partial charge in [-0.15, -0.1) is 0 Å². The highest BCUT2D eigenvalue weighted by Crippen LogP contribution is 2.45. The Morgan fingerprint density at radius 2 is 1.66 bits per heavy atom. The lowest BCUT2D eigenvalue weighted by molar-refractivity contribution is -0.116. The van der Waals surface area contributed by atoms with Crippen molar-refractivity contribution in [2.24, 2.45) is 5.41 Å². The van der Waals surface area contributed by atoms with Crippen LogP contribution in [0.5, 0.6) is 0 Å². The third-order valence-electron chi connectivity index (χ3n) is 5.95. The molecular weight excluding hydrogens is 382 g/mol. The summed E-state index contributed by atoms with van der Waals surface area (Å²) in [6, 6.07) is 19.6. The average molecular weight is 408 g/mol. The van der Waals surface area contributed by atoms with E-state index in [2.05, 4.69) is 12.1 Å². The van der Waals surface area contributed by atoms with Crippen molar-refractivity contribution in [3.8, 4) is 0 Å². The van der Waals surface area contributed by atoms with Crippen molar-refractivity contribution in [2.75, 3.05) is 13.1 Å². The molecule has 1 unspecified atom stereocenters. The summed E-state index contributed by atoms with van der Waals surface area (Å²) in [5, 5.41) is 1.31. The molecule has 2 aromatic carbocycles. The van der Waals surface area contributed by atoms with Crippen LogP contribution >= 0.6 is 0 Å². The van der Waals surface area contributed by atoms with E-state index in [0.29, 0.717) is 32.4 Å². The van der Waals surface area contributed by atoms with Gasteiger partial charge >= 0.3 is 0 Å². The zero-order valence-corrected chi connectivity index (χ0v) is 17.1. The minimum Gasteiger partial charge on any atom is -0.295 e. The van der Waals surface area contributed by atoms with E-state index in [-0.39, 0.29) is 11.2 Å². The van der Waals surface area contributed by atoms with E-state index < -0.39 is 10.0 Å². The van der Waals surface area contributed by atoms with Gasteiger partial charge in [-0.05, 0) is 42.5 Å². The molecule has 1 heterocycles. The fraction of sp³-hybridized carbons (Fsp3) is 0.292. The molecule has 0 bridgehead atoms. The van der Waals surface area contributed by atoms with Crippen LogP contribution in [0.25, 0.3) is 6.08 Å². The summed E-state index contributed by atoms with van der Waals surface area (Å²) in [6.45, 7) is 0.833. The summed E-state index contributed by atoms with van der Waals surface area (Å²) in [7, 11) is -3.54. The molecule has 4 rings (SSSR count). The van der Waals surface area contributed by atoms with Crippen LogP contribution < -0.4 is 0 Å². The number of piperidine rings is 1. The number of benzene rings is 2. The van der Waals surface area contributed by atoms with Crippen LogP contribution in [0.3, 0.4) is 0 Å². The van der Waals surface area contributed by atoms with Gasteiger partial charge in [0.15, 0.2) is 5.78 Å². The van der Waals surface area contributed by atoms with Crippen LogP contribution in [0, 0.1) is 5.41 Å². The number of nitrogens with zero attached hydrogens (tertiary/aromatic N) is 1. The normalized spacial score (nSPS) is 23.0. The molecular formula is C24H25NO3S. The van der Waals surface area contributed by atoms with E-state index in [9.17, 15) is 13.2 Å². The molecule has 1 aliphatic heterocycles. The number of hydrogen-bond donors (Lipinski definition) is 0. The second kappa shape index (κ2) is 8.09. The van der Waals surface area contributed by atoms with Crippen molar-refractivity contribution < 1.29 is 13.2 Å². The Balaban J connectivity index is 1.62. The standard InChI is InChI=1S/C24H25NO3S/c26-23-11-14-24(18-21-9-5-2-6-10-21)19-25(15-12-22(24)17-23)29(27,28)16-13-20-7-3-1-4-8-20/h1-10,13,16-17H,11-12,14-15,18-19H2/b16-13+. The molecule has 1 fully saturated rings. The molecule has 2 aliphatic rings. The molecule has 0 N–H and O–H groups in total. The molecule has 4 nitrogen and oxygen atoms in total. The van der Waals surface area contributed by atoms with Crippen molar-refractivity contribution in [2.45, 2.75) is 25.7 Å². The van der Waals surface area contributed by atoms with Gasteiger partial charge in [0.05, 0.1) is 0 Å². The number of allylic oxidation sites excluding steroid dienone is 1. The maximum atomic E-state index is 13.0. The Hall–Kier alpha value is -2.50. The highest BCUT2D eigenvalue weighted by molar-refractivity contribution is 7.92. The number of hydrogen-bond acceptors (Lipinski definition) is 3. The first-order valence-corrected chi connectivity index (χ1v) is 11.5. The maximum absolute atomic E-state index is 13.0. The zero-order chi connectivity index (χ0) is 20.3. The highest BCUT2D eigenvalue weighted by Gasteiger charge is 2.44. The summed E-state index contributed by atoms with van der Waals surface area (Å²) in [5.41, 5.74) is 2.83. The summed E-state index contributed by atoms with van der Waals surface area (Å²) in [6.07, 6.45) is 5.95. The van der Waals surface area contributed by atoms with E-state index in [1.54, 1.807) is 16.5 Å². The second-order valence-electron chi connectivity index (χ2n) is 7.92. The van der Waals surface area contributed by atoms with Crippen molar-refractivity contribution in [1.29, 1.82) is 0 Å². The number of carbonyl (C=O) groups excluding carboxylic acids is 1. The fourth-order valence-electron chi connectivity index (χ4n) is 4.40. The van der Waals surface area contributed by atoms with Crippen LogP contribution in [0.2, 0.25) is 0 Å². The van der Waals surface area contributed by atoms with Gasteiger partial charge in [0.2, 0.25) is 10.0 Å². The Morgan fingerprint density at radius 1 is 0.966 bits per heavy atom. The number of carbonyl (C=O) groups is 1. The molecule has 1 atom stereocenters. The van der Waals surface area contributed by atoms with Crippen LogP contribution in [0.15, 0.2) is 77.7 Å². The number of ketones is 1. The largest absolute Gasteiger partial charge is 0.295 e. The first kappa shape index (κ1) is 19.8. The molecule has 29 heavy (non-hydrogen) atoms. The monoisotopic (exact) mass is 407 g/mol. The molecule has 2 aromatic rings. The van der Waals surface area contributed by atoms with E-state index >= 15 is 0 Å². The lowest BCUT2D eigenvalue weighted by atomic mass is 9.66. The molecule has 0 saturated carbocycles. The third kappa shape index (κ3) is 4.41. The first-order chi connectivity index (χ1) is 14.0. The maximum Gasteiger partial charge on any atom is 0.236 e. The Labute approximate surface area is 172 Å². The minimum atomic E-state index is -3.54. The van der Waals surface area contributed by atoms with Crippen molar-refractivity contribution in [3.63, 3.8) is 0 Å². The van der Waals surface area contributed by atoms with Gasteiger partial charge in [0.25, 0.3) is 0 Å². The zero-order valence-electron chi connectivity index (χ0n) is 16.3. The quantitative estimate of drug-likeness (QED) is 0.746. The molecule has 0 aromatic heterocycles. The fourth-order valence-corrected chi connectivity index (χ4v) is 5.67. The van der Waals surface area contributed by atoms with Crippen molar-refractivity contribution in [3.05, 3.63) is 88.8 Å². The molecule has 0 amide bonds.